The normalized spacial score (nSPS) is 12.6. The molecule has 0 spiro atoms. The molecular weight excluding hydrogens is 302 g/mol. The standard InChI is InChI=1S/C17H22ClNOS/c1-4-11-19-17(15-9-10-16(18)21-15)13-7-5-6-8-14(13)20-12(2)3/h5-10,12,17,19H,4,11H2,1-3H3. The van der Waals surface area contributed by atoms with Crippen LogP contribution in [0, 0.1) is 0 Å². The molecule has 0 bridgehead atoms. The van der Waals surface area contributed by atoms with E-state index in [0.29, 0.717) is 0 Å². The molecule has 0 saturated heterocycles. The van der Waals surface area contributed by atoms with Gasteiger partial charge in [0.15, 0.2) is 0 Å². The second kappa shape index (κ2) is 7.83. The van der Waals surface area contributed by atoms with Crippen LogP contribution >= 0.6 is 22.9 Å². The Balaban J connectivity index is 2.36. The maximum absolute atomic E-state index is 6.11. The summed E-state index contributed by atoms with van der Waals surface area (Å²) in [6.07, 6.45) is 1.24. The van der Waals surface area contributed by atoms with Crippen molar-refractivity contribution in [3.8, 4) is 5.75 Å². The molecule has 1 N–H and O–H groups in total. The van der Waals surface area contributed by atoms with Crippen molar-refractivity contribution in [3.63, 3.8) is 0 Å². The molecule has 0 aliphatic carbocycles. The maximum Gasteiger partial charge on any atom is 0.124 e. The highest BCUT2D eigenvalue weighted by Crippen LogP contribution is 2.35. The van der Waals surface area contributed by atoms with Crippen LogP contribution in [-0.2, 0) is 0 Å². The van der Waals surface area contributed by atoms with Crippen LogP contribution in [0.5, 0.6) is 5.75 Å². The predicted molar refractivity (Wildman–Crippen MR) is 91.7 cm³/mol. The lowest BCUT2D eigenvalue weighted by molar-refractivity contribution is 0.238. The minimum atomic E-state index is 0.123. The summed E-state index contributed by atoms with van der Waals surface area (Å²) in [5, 5.41) is 3.60. The predicted octanol–water partition coefficient (Wildman–Crippen LogP) is 5.28. The summed E-state index contributed by atoms with van der Waals surface area (Å²) >= 11 is 7.73. The van der Waals surface area contributed by atoms with E-state index in [9.17, 15) is 0 Å². The zero-order valence-electron chi connectivity index (χ0n) is 12.7. The molecule has 1 aromatic carbocycles. The Kier molecular flexibility index (Phi) is 6.09. The molecule has 1 atom stereocenters. The van der Waals surface area contributed by atoms with Crippen LogP contribution in [0.1, 0.15) is 43.7 Å². The number of halogens is 1. The molecule has 0 aliphatic rings. The van der Waals surface area contributed by atoms with Crippen molar-refractivity contribution < 1.29 is 4.74 Å². The third-order valence-electron chi connectivity index (χ3n) is 3.07. The number of ether oxygens (including phenoxy) is 1. The lowest BCUT2D eigenvalue weighted by Gasteiger charge is -2.22. The molecule has 1 aromatic heterocycles. The number of rotatable bonds is 7. The van der Waals surface area contributed by atoms with Gasteiger partial charge in [-0.05, 0) is 45.0 Å². The first-order chi connectivity index (χ1) is 10.1. The number of thiophene rings is 1. The topological polar surface area (TPSA) is 21.3 Å². The summed E-state index contributed by atoms with van der Waals surface area (Å²) in [4.78, 5) is 1.22. The van der Waals surface area contributed by atoms with Crippen molar-refractivity contribution in [2.24, 2.45) is 0 Å². The zero-order chi connectivity index (χ0) is 15.2. The molecule has 0 fully saturated rings. The Labute approximate surface area is 136 Å². The van der Waals surface area contributed by atoms with Gasteiger partial charge in [0.2, 0.25) is 0 Å². The lowest BCUT2D eigenvalue weighted by atomic mass is 10.0. The molecule has 1 unspecified atom stereocenters. The van der Waals surface area contributed by atoms with E-state index in [4.69, 9.17) is 16.3 Å². The molecule has 1 heterocycles. The van der Waals surface area contributed by atoms with Crippen molar-refractivity contribution in [3.05, 3.63) is 51.2 Å². The highest BCUT2D eigenvalue weighted by atomic mass is 35.5. The van der Waals surface area contributed by atoms with E-state index in [1.54, 1.807) is 11.3 Å². The van der Waals surface area contributed by atoms with Crippen LogP contribution in [0.25, 0.3) is 0 Å². The van der Waals surface area contributed by atoms with Crippen molar-refractivity contribution in [1.29, 1.82) is 0 Å². The fourth-order valence-electron chi connectivity index (χ4n) is 2.22. The molecule has 0 radical (unpaired) electrons. The van der Waals surface area contributed by atoms with Crippen LogP contribution < -0.4 is 10.1 Å². The second-order valence-electron chi connectivity index (χ2n) is 5.23. The van der Waals surface area contributed by atoms with Crippen LogP contribution in [0.15, 0.2) is 36.4 Å². The fraction of sp³-hybridized carbons (Fsp3) is 0.412. The quantitative estimate of drug-likeness (QED) is 0.748. The third-order valence-corrected chi connectivity index (χ3v) is 4.37. The van der Waals surface area contributed by atoms with Crippen LogP contribution in [-0.4, -0.2) is 12.6 Å². The van der Waals surface area contributed by atoms with Gasteiger partial charge in [0.05, 0.1) is 16.5 Å². The summed E-state index contributed by atoms with van der Waals surface area (Å²) in [6.45, 7) is 7.22. The van der Waals surface area contributed by atoms with Crippen LogP contribution in [0.3, 0.4) is 0 Å². The van der Waals surface area contributed by atoms with Gasteiger partial charge >= 0.3 is 0 Å². The summed E-state index contributed by atoms with van der Waals surface area (Å²) < 4.78 is 6.78. The van der Waals surface area contributed by atoms with Crippen LogP contribution in [0.4, 0.5) is 0 Å². The summed E-state index contributed by atoms with van der Waals surface area (Å²) in [5.41, 5.74) is 1.16. The molecule has 2 nitrogen and oxygen atoms in total. The van der Waals surface area contributed by atoms with E-state index in [1.807, 2.05) is 32.0 Å². The Morgan fingerprint density at radius 1 is 1.19 bits per heavy atom. The maximum atomic E-state index is 6.11. The van der Waals surface area contributed by atoms with Gasteiger partial charge in [-0.15, -0.1) is 11.3 Å². The van der Waals surface area contributed by atoms with Gasteiger partial charge in [0.25, 0.3) is 0 Å². The first-order valence-electron chi connectivity index (χ1n) is 7.36. The molecule has 4 heteroatoms. The molecule has 2 aromatic rings. The average molecular weight is 324 g/mol. The number of benzene rings is 1. The summed E-state index contributed by atoms with van der Waals surface area (Å²) in [7, 11) is 0. The van der Waals surface area contributed by atoms with Crippen LogP contribution in [0.2, 0.25) is 4.34 Å². The largest absolute Gasteiger partial charge is 0.491 e. The molecule has 21 heavy (non-hydrogen) atoms. The number of nitrogens with one attached hydrogen (secondary N) is 1. The van der Waals surface area contributed by atoms with E-state index < -0.39 is 0 Å². The minimum Gasteiger partial charge on any atom is -0.491 e. The van der Waals surface area contributed by atoms with Gasteiger partial charge < -0.3 is 10.1 Å². The van der Waals surface area contributed by atoms with E-state index in [0.717, 1.165) is 28.6 Å². The first-order valence-corrected chi connectivity index (χ1v) is 8.55. The van der Waals surface area contributed by atoms with Gasteiger partial charge in [0.1, 0.15) is 5.75 Å². The summed E-state index contributed by atoms with van der Waals surface area (Å²) in [5.74, 6) is 0.936. The fourth-order valence-corrected chi connectivity index (χ4v) is 3.37. The molecular formula is C17H22ClNOS. The Morgan fingerprint density at radius 2 is 1.95 bits per heavy atom. The average Bonchev–Trinajstić information content (AvgIpc) is 2.87. The Hall–Kier alpha value is -1.03. The molecule has 114 valence electrons. The zero-order valence-corrected chi connectivity index (χ0v) is 14.3. The SMILES string of the molecule is CCCNC(c1ccc(Cl)s1)c1ccccc1OC(C)C. The van der Waals surface area contributed by atoms with E-state index in [-0.39, 0.29) is 12.1 Å². The van der Waals surface area contributed by atoms with E-state index in [2.05, 4.69) is 30.4 Å². The van der Waals surface area contributed by atoms with Crippen molar-refractivity contribution in [1.82, 2.24) is 5.32 Å². The first kappa shape index (κ1) is 16.3. The Bertz CT molecular complexity index is 567. The van der Waals surface area contributed by atoms with E-state index in [1.165, 1.54) is 4.88 Å². The van der Waals surface area contributed by atoms with Gasteiger partial charge in [-0.3, -0.25) is 0 Å². The highest BCUT2D eigenvalue weighted by Gasteiger charge is 2.19. The van der Waals surface area contributed by atoms with E-state index >= 15 is 0 Å². The molecule has 0 aliphatic heterocycles. The van der Waals surface area contributed by atoms with Gasteiger partial charge in [-0.25, -0.2) is 0 Å². The molecule has 0 saturated carbocycles. The molecule has 2 rings (SSSR count). The Morgan fingerprint density at radius 3 is 2.57 bits per heavy atom. The third kappa shape index (κ3) is 4.47. The number of hydrogen-bond acceptors (Lipinski definition) is 3. The number of hydrogen-bond donors (Lipinski definition) is 1. The van der Waals surface area contributed by atoms with Gasteiger partial charge in [-0.2, -0.15) is 0 Å². The van der Waals surface area contributed by atoms with Crippen molar-refractivity contribution in [2.45, 2.75) is 39.3 Å². The smallest absolute Gasteiger partial charge is 0.124 e. The van der Waals surface area contributed by atoms with Crippen molar-refractivity contribution in [2.75, 3.05) is 6.54 Å². The lowest BCUT2D eigenvalue weighted by Crippen LogP contribution is -2.23. The van der Waals surface area contributed by atoms with Gasteiger partial charge in [0, 0.05) is 10.4 Å². The highest BCUT2D eigenvalue weighted by molar-refractivity contribution is 7.16. The second-order valence-corrected chi connectivity index (χ2v) is 6.98. The number of para-hydroxylation sites is 1. The molecule has 0 amide bonds. The summed E-state index contributed by atoms with van der Waals surface area (Å²) in [6, 6.07) is 12.4. The minimum absolute atomic E-state index is 0.123. The van der Waals surface area contributed by atoms with Gasteiger partial charge in [-0.1, -0.05) is 36.7 Å². The monoisotopic (exact) mass is 323 g/mol. The van der Waals surface area contributed by atoms with Crippen molar-refractivity contribution >= 4 is 22.9 Å².